The first-order valence-corrected chi connectivity index (χ1v) is 10.8. The molecule has 0 spiro atoms. The predicted octanol–water partition coefficient (Wildman–Crippen LogP) is 5.90. The maximum Gasteiger partial charge on any atom is 0.338 e. The molecule has 0 aliphatic rings. The van der Waals surface area contributed by atoms with Gasteiger partial charge in [0.15, 0.2) is 0 Å². The first-order valence-electron chi connectivity index (χ1n) is 9.96. The summed E-state index contributed by atoms with van der Waals surface area (Å²) in [5.74, 6) is 0.553. The van der Waals surface area contributed by atoms with Crippen molar-refractivity contribution in [3.63, 3.8) is 0 Å². The molecule has 0 aliphatic heterocycles. The highest BCUT2D eigenvalue weighted by atomic mass is 32.1. The van der Waals surface area contributed by atoms with Gasteiger partial charge in [-0.2, -0.15) is 0 Å². The quantitative estimate of drug-likeness (QED) is 0.189. The van der Waals surface area contributed by atoms with Gasteiger partial charge in [0, 0.05) is 32.2 Å². The molecule has 162 valence electrons. The number of fused-ring (bicyclic) bond motifs is 3. The van der Waals surface area contributed by atoms with Crippen LogP contribution in [0.1, 0.15) is 31.4 Å². The lowest BCUT2D eigenvalue weighted by Crippen LogP contribution is -2.08. The summed E-state index contributed by atoms with van der Waals surface area (Å²) in [7, 11) is 1.66. The van der Waals surface area contributed by atoms with E-state index in [1.165, 1.54) is 0 Å². The fraction of sp³-hybridized carbons (Fsp3) is 0.280. The summed E-state index contributed by atoms with van der Waals surface area (Å²) in [6, 6.07) is 7.93. The lowest BCUT2D eigenvalue weighted by Gasteiger charge is -2.10. The number of carbonyl (C=O) groups excluding carboxylic acids is 2. The second kappa shape index (κ2) is 9.35. The molecule has 31 heavy (non-hydrogen) atoms. The molecule has 0 unspecified atom stereocenters. The van der Waals surface area contributed by atoms with E-state index in [-0.39, 0.29) is 5.97 Å². The SMILES string of the molecule is C=C(C)C(=O)OCCCc1ccc2c(sc3c(C)c(OC(=O)C(=C)C)ccc32)c1OC. The summed E-state index contributed by atoms with van der Waals surface area (Å²) < 4.78 is 18.5. The molecule has 0 radical (unpaired) electrons. The molecule has 0 saturated heterocycles. The van der Waals surface area contributed by atoms with Crippen LogP contribution in [0, 0.1) is 6.92 Å². The molecule has 3 aromatic rings. The van der Waals surface area contributed by atoms with E-state index in [2.05, 4.69) is 25.3 Å². The number of ether oxygens (including phenoxy) is 3. The summed E-state index contributed by atoms with van der Waals surface area (Å²) in [5.41, 5.74) is 2.71. The number of aryl methyl sites for hydroxylation is 2. The van der Waals surface area contributed by atoms with E-state index in [9.17, 15) is 9.59 Å². The maximum atomic E-state index is 11.9. The second-order valence-corrected chi connectivity index (χ2v) is 8.51. The Kier molecular flexibility index (Phi) is 6.81. The number of esters is 2. The minimum atomic E-state index is -0.434. The molecule has 0 fully saturated rings. The van der Waals surface area contributed by atoms with Crippen molar-refractivity contribution < 1.29 is 23.8 Å². The number of hydrogen-bond acceptors (Lipinski definition) is 6. The molecule has 1 heterocycles. The summed E-state index contributed by atoms with van der Waals surface area (Å²) in [5, 5.41) is 2.18. The van der Waals surface area contributed by atoms with Gasteiger partial charge in [0.25, 0.3) is 0 Å². The van der Waals surface area contributed by atoms with E-state index in [1.807, 2.05) is 19.1 Å². The normalized spacial score (nSPS) is 10.8. The lowest BCUT2D eigenvalue weighted by molar-refractivity contribution is -0.139. The van der Waals surface area contributed by atoms with Gasteiger partial charge >= 0.3 is 11.9 Å². The smallest absolute Gasteiger partial charge is 0.338 e. The molecule has 0 aliphatic carbocycles. The Morgan fingerprint density at radius 3 is 2.26 bits per heavy atom. The van der Waals surface area contributed by atoms with Gasteiger partial charge < -0.3 is 14.2 Å². The average molecular weight is 439 g/mol. The third-order valence-electron chi connectivity index (χ3n) is 4.97. The van der Waals surface area contributed by atoms with E-state index in [4.69, 9.17) is 14.2 Å². The Labute approximate surface area is 185 Å². The zero-order valence-electron chi connectivity index (χ0n) is 18.3. The molecule has 0 amide bonds. The monoisotopic (exact) mass is 438 g/mol. The third-order valence-corrected chi connectivity index (χ3v) is 6.31. The zero-order valence-corrected chi connectivity index (χ0v) is 19.1. The highest BCUT2D eigenvalue weighted by molar-refractivity contribution is 7.26. The van der Waals surface area contributed by atoms with Gasteiger partial charge in [-0.1, -0.05) is 25.3 Å². The average Bonchev–Trinajstić information content (AvgIpc) is 3.11. The Balaban J connectivity index is 1.92. The van der Waals surface area contributed by atoms with E-state index >= 15 is 0 Å². The van der Waals surface area contributed by atoms with Crippen LogP contribution in [0.25, 0.3) is 20.2 Å². The van der Waals surface area contributed by atoms with Gasteiger partial charge in [-0.25, -0.2) is 9.59 Å². The van der Waals surface area contributed by atoms with Crippen molar-refractivity contribution in [2.24, 2.45) is 0 Å². The minimum Gasteiger partial charge on any atom is -0.495 e. The van der Waals surface area contributed by atoms with Gasteiger partial charge in [-0.15, -0.1) is 11.3 Å². The van der Waals surface area contributed by atoms with Crippen LogP contribution in [0.15, 0.2) is 48.6 Å². The van der Waals surface area contributed by atoms with E-state index < -0.39 is 5.97 Å². The van der Waals surface area contributed by atoms with Crippen LogP contribution in [0.5, 0.6) is 11.5 Å². The topological polar surface area (TPSA) is 61.8 Å². The van der Waals surface area contributed by atoms with Gasteiger partial charge in [0.05, 0.1) is 18.4 Å². The van der Waals surface area contributed by atoms with Crippen LogP contribution in [-0.2, 0) is 20.7 Å². The first-order chi connectivity index (χ1) is 14.7. The Bertz CT molecular complexity index is 1200. The Morgan fingerprint density at radius 1 is 0.968 bits per heavy atom. The fourth-order valence-corrected chi connectivity index (χ4v) is 4.65. The third kappa shape index (κ3) is 4.64. The van der Waals surface area contributed by atoms with E-state index in [0.29, 0.717) is 29.9 Å². The summed E-state index contributed by atoms with van der Waals surface area (Å²) in [6.45, 7) is 12.8. The van der Waals surface area contributed by atoms with Crippen molar-refractivity contribution >= 4 is 43.4 Å². The molecule has 0 N–H and O–H groups in total. The van der Waals surface area contributed by atoms with Crippen LogP contribution in [-0.4, -0.2) is 25.7 Å². The number of benzene rings is 2. The molecule has 0 atom stereocenters. The van der Waals surface area contributed by atoms with Gasteiger partial charge in [-0.05, 0) is 51.3 Å². The van der Waals surface area contributed by atoms with Crippen molar-refractivity contribution in [3.05, 3.63) is 59.7 Å². The molecular weight excluding hydrogens is 412 g/mol. The van der Waals surface area contributed by atoms with Crippen molar-refractivity contribution in [1.82, 2.24) is 0 Å². The van der Waals surface area contributed by atoms with Crippen molar-refractivity contribution in [2.75, 3.05) is 13.7 Å². The molecule has 0 saturated carbocycles. The zero-order chi connectivity index (χ0) is 22.7. The van der Waals surface area contributed by atoms with E-state index in [0.717, 1.165) is 43.5 Å². The first kappa shape index (κ1) is 22.6. The number of thiophene rings is 1. The Hall–Kier alpha value is -3.12. The van der Waals surface area contributed by atoms with Crippen LogP contribution >= 0.6 is 11.3 Å². The molecular formula is C25H26O5S. The standard InChI is InChI=1S/C25H26O5S/c1-14(2)24(26)29-13-7-8-17-9-10-19-18-11-12-20(30-25(27)15(3)4)16(5)22(18)31-23(19)21(17)28-6/h9-12H,1,3,7-8,13H2,2,4-6H3. The number of hydrogen-bond donors (Lipinski definition) is 0. The molecule has 1 aromatic heterocycles. The molecule has 5 nitrogen and oxygen atoms in total. The van der Waals surface area contributed by atoms with Crippen LogP contribution < -0.4 is 9.47 Å². The number of methoxy groups -OCH3 is 1. The highest BCUT2D eigenvalue weighted by Gasteiger charge is 2.17. The van der Waals surface area contributed by atoms with Gasteiger partial charge in [0.1, 0.15) is 11.5 Å². The van der Waals surface area contributed by atoms with Gasteiger partial charge in [0.2, 0.25) is 0 Å². The van der Waals surface area contributed by atoms with Crippen molar-refractivity contribution in [1.29, 1.82) is 0 Å². The highest BCUT2D eigenvalue weighted by Crippen LogP contribution is 2.44. The largest absolute Gasteiger partial charge is 0.495 e. The van der Waals surface area contributed by atoms with Crippen molar-refractivity contribution in [3.8, 4) is 11.5 Å². The fourth-order valence-electron chi connectivity index (χ4n) is 3.31. The second-order valence-electron chi connectivity index (χ2n) is 7.49. The summed E-state index contributed by atoms with van der Waals surface area (Å²) in [4.78, 5) is 23.5. The number of rotatable bonds is 8. The van der Waals surface area contributed by atoms with Gasteiger partial charge in [-0.3, -0.25) is 0 Å². The Morgan fingerprint density at radius 2 is 1.61 bits per heavy atom. The number of carbonyl (C=O) groups is 2. The maximum absolute atomic E-state index is 11.9. The molecule has 3 rings (SSSR count). The van der Waals surface area contributed by atoms with E-state index in [1.54, 1.807) is 32.3 Å². The summed E-state index contributed by atoms with van der Waals surface area (Å²) >= 11 is 1.62. The van der Waals surface area contributed by atoms with Crippen molar-refractivity contribution in [2.45, 2.75) is 33.6 Å². The molecule has 6 heteroatoms. The molecule has 0 bridgehead atoms. The minimum absolute atomic E-state index is 0.329. The lowest BCUT2D eigenvalue weighted by atomic mass is 10.0. The van der Waals surface area contributed by atoms with Crippen LogP contribution in [0.3, 0.4) is 0 Å². The van der Waals surface area contributed by atoms with Crippen LogP contribution in [0.2, 0.25) is 0 Å². The van der Waals surface area contributed by atoms with Crippen LogP contribution in [0.4, 0.5) is 0 Å². The molecule has 2 aromatic carbocycles. The predicted molar refractivity (Wildman–Crippen MR) is 125 cm³/mol. The summed E-state index contributed by atoms with van der Waals surface area (Å²) in [6.07, 6.45) is 1.41.